The molecule has 0 fully saturated rings. The van der Waals surface area contributed by atoms with E-state index in [1.165, 1.54) is 31.3 Å². The zero-order valence-corrected chi connectivity index (χ0v) is 13.2. The summed E-state index contributed by atoms with van der Waals surface area (Å²) in [5.74, 6) is -0.567. The van der Waals surface area contributed by atoms with E-state index < -0.39 is 27.7 Å². The minimum atomic E-state index is -4.45. The second kappa shape index (κ2) is 6.62. The molecule has 0 atom stereocenters. The minimum Gasteiger partial charge on any atom is -0.322 e. The Morgan fingerprint density at radius 2 is 1.50 bits per heavy atom. The maximum atomic E-state index is 12.5. The van der Waals surface area contributed by atoms with Gasteiger partial charge in [-0.3, -0.25) is 4.79 Å². The predicted octanol–water partition coefficient (Wildman–Crippen LogP) is 2.87. The molecule has 0 saturated heterocycles. The van der Waals surface area contributed by atoms with Crippen molar-refractivity contribution in [2.24, 2.45) is 0 Å². The predicted molar refractivity (Wildman–Crippen MR) is 82.1 cm³/mol. The molecule has 0 aliphatic heterocycles. The molecular formula is C15H13F3N2O3S. The zero-order chi connectivity index (χ0) is 18.0. The molecule has 24 heavy (non-hydrogen) atoms. The van der Waals surface area contributed by atoms with Gasteiger partial charge >= 0.3 is 6.18 Å². The highest BCUT2D eigenvalue weighted by Gasteiger charge is 2.30. The van der Waals surface area contributed by atoms with Gasteiger partial charge in [-0.25, -0.2) is 13.1 Å². The maximum absolute atomic E-state index is 12.5. The van der Waals surface area contributed by atoms with Crippen LogP contribution in [0.2, 0.25) is 0 Å². The normalized spacial score (nSPS) is 12.0. The molecule has 0 heterocycles. The monoisotopic (exact) mass is 358 g/mol. The van der Waals surface area contributed by atoms with E-state index in [4.69, 9.17) is 0 Å². The number of benzene rings is 2. The molecule has 2 rings (SSSR count). The summed E-state index contributed by atoms with van der Waals surface area (Å²) in [5, 5.41) is 2.44. The number of amides is 1. The molecule has 0 spiro atoms. The second-order valence-electron chi connectivity index (χ2n) is 4.76. The van der Waals surface area contributed by atoms with Crippen LogP contribution in [0.4, 0.5) is 18.9 Å². The number of carbonyl (C=O) groups excluding carboxylic acids is 1. The van der Waals surface area contributed by atoms with Gasteiger partial charge in [-0.2, -0.15) is 13.2 Å². The van der Waals surface area contributed by atoms with Crippen LogP contribution in [0, 0.1) is 0 Å². The molecule has 0 saturated carbocycles. The van der Waals surface area contributed by atoms with E-state index in [1.54, 1.807) is 0 Å². The Morgan fingerprint density at radius 1 is 0.958 bits per heavy atom. The molecule has 5 nitrogen and oxygen atoms in total. The number of sulfonamides is 1. The van der Waals surface area contributed by atoms with E-state index in [9.17, 15) is 26.4 Å². The van der Waals surface area contributed by atoms with Crippen molar-refractivity contribution in [2.45, 2.75) is 11.1 Å². The number of nitrogens with one attached hydrogen (secondary N) is 2. The number of halogens is 3. The average molecular weight is 358 g/mol. The fourth-order valence-corrected chi connectivity index (χ4v) is 2.58. The van der Waals surface area contributed by atoms with Gasteiger partial charge in [-0.1, -0.05) is 0 Å². The Balaban J connectivity index is 2.13. The summed E-state index contributed by atoms with van der Waals surface area (Å²) < 4.78 is 62.7. The maximum Gasteiger partial charge on any atom is 0.416 e. The molecule has 0 aromatic heterocycles. The van der Waals surface area contributed by atoms with Crippen LogP contribution in [0.3, 0.4) is 0 Å². The smallest absolute Gasteiger partial charge is 0.322 e. The molecule has 128 valence electrons. The quantitative estimate of drug-likeness (QED) is 0.883. The highest BCUT2D eigenvalue weighted by molar-refractivity contribution is 7.89. The van der Waals surface area contributed by atoms with Gasteiger partial charge < -0.3 is 5.32 Å². The van der Waals surface area contributed by atoms with Gasteiger partial charge in [0.25, 0.3) is 5.91 Å². The summed E-state index contributed by atoms with van der Waals surface area (Å²) in [6, 6.07) is 9.13. The molecule has 2 aromatic carbocycles. The standard InChI is InChI=1S/C15H13F3N2O3S/c1-19-24(22,23)13-8-2-10(3-9-13)14(21)20-12-6-4-11(5-7-12)15(16,17)18/h2-9,19H,1H3,(H,20,21). The van der Waals surface area contributed by atoms with Crippen LogP contribution in [0.15, 0.2) is 53.4 Å². The van der Waals surface area contributed by atoms with Gasteiger partial charge in [0, 0.05) is 11.3 Å². The summed E-state index contributed by atoms with van der Waals surface area (Å²) in [7, 11) is -2.34. The van der Waals surface area contributed by atoms with Gasteiger partial charge in [-0.05, 0) is 55.6 Å². The van der Waals surface area contributed by atoms with E-state index in [1.807, 2.05) is 0 Å². The third-order valence-electron chi connectivity index (χ3n) is 3.17. The molecule has 2 N–H and O–H groups in total. The van der Waals surface area contributed by atoms with Gasteiger partial charge in [0.15, 0.2) is 0 Å². The third kappa shape index (κ3) is 4.12. The van der Waals surface area contributed by atoms with E-state index in [2.05, 4.69) is 10.0 Å². The van der Waals surface area contributed by atoms with Gasteiger partial charge in [0.2, 0.25) is 10.0 Å². The summed E-state index contributed by atoms with van der Waals surface area (Å²) in [5.41, 5.74) is -0.452. The van der Waals surface area contributed by atoms with Crippen LogP contribution in [-0.2, 0) is 16.2 Å². The lowest BCUT2D eigenvalue weighted by Gasteiger charge is -2.09. The number of hydrogen-bond donors (Lipinski definition) is 2. The van der Waals surface area contributed by atoms with Crippen LogP contribution >= 0.6 is 0 Å². The fraction of sp³-hybridized carbons (Fsp3) is 0.133. The number of carbonyl (C=O) groups is 1. The van der Waals surface area contributed by atoms with Crippen molar-refractivity contribution in [3.05, 3.63) is 59.7 Å². The molecule has 0 aliphatic rings. The van der Waals surface area contributed by atoms with Gasteiger partial charge in [-0.15, -0.1) is 0 Å². The lowest BCUT2D eigenvalue weighted by Crippen LogP contribution is -2.19. The highest BCUT2D eigenvalue weighted by Crippen LogP contribution is 2.29. The van der Waals surface area contributed by atoms with E-state index >= 15 is 0 Å². The lowest BCUT2D eigenvalue weighted by molar-refractivity contribution is -0.137. The Hall–Kier alpha value is -2.39. The average Bonchev–Trinajstić information content (AvgIpc) is 2.54. The summed E-state index contributed by atoms with van der Waals surface area (Å²) in [6.45, 7) is 0. The first-order valence-corrected chi connectivity index (χ1v) is 8.14. The Bertz CT molecular complexity index is 830. The Kier molecular flexibility index (Phi) is 4.95. The SMILES string of the molecule is CNS(=O)(=O)c1ccc(C(=O)Nc2ccc(C(F)(F)F)cc2)cc1. The van der Waals surface area contributed by atoms with E-state index in [0.717, 1.165) is 24.3 Å². The molecule has 9 heteroatoms. The summed E-state index contributed by atoms with van der Waals surface area (Å²) in [4.78, 5) is 12.0. The molecule has 1 amide bonds. The van der Waals surface area contributed by atoms with Crippen LogP contribution < -0.4 is 10.0 Å². The first-order chi connectivity index (χ1) is 11.1. The Morgan fingerprint density at radius 3 is 1.96 bits per heavy atom. The summed E-state index contributed by atoms with van der Waals surface area (Å²) >= 11 is 0. The minimum absolute atomic E-state index is 0.00363. The first kappa shape index (κ1) is 18.0. The number of hydrogen-bond acceptors (Lipinski definition) is 3. The van der Waals surface area contributed by atoms with Crippen molar-refractivity contribution in [2.75, 3.05) is 12.4 Å². The molecule has 2 aromatic rings. The largest absolute Gasteiger partial charge is 0.416 e. The van der Waals surface area contributed by atoms with Crippen LogP contribution in [0.1, 0.15) is 15.9 Å². The lowest BCUT2D eigenvalue weighted by atomic mass is 10.2. The molecule has 0 radical (unpaired) electrons. The van der Waals surface area contributed by atoms with Crippen molar-refractivity contribution in [1.29, 1.82) is 0 Å². The molecular weight excluding hydrogens is 345 g/mol. The number of rotatable bonds is 4. The van der Waals surface area contributed by atoms with Crippen LogP contribution in [-0.4, -0.2) is 21.4 Å². The van der Waals surface area contributed by atoms with E-state index in [-0.39, 0.29) is 16.1 Å². The topological polar surface area (TPSA) is 75.3 Å². The third-order valence-corrected chi connectivity index (χ3v) is 4.60. The fourth-order valence-electron chi connectivity index (χ4n) is 1.85. The first-order valence-electron chi connectivity index (χ1n) is 6.66. The van der Waals surface area contributed by atoms with Crippen molar-refractivity contribution in [3.63, 3.8) is 0 Å². The number of alkyl halides is 3. The summed E-state index contributed by atoms with van der Waals surface area (Å²) in [6.07, 6.45) is -4.45. The Labute approximate surface area is 136 Å². The molecule has 0 unspecified atom stereocenters. The number of anilines is 1. The zero-order valence-electron chi connectivity index (χ0n) is 12.4. The van der Waals surface area contributed by atoms with E-state index in [0.29, 0.717) is 0 Å². The highest BCUT2D eigenvalue weighted by atomic mass is 32.2. The van der Waals surface area contributed by atoms with Gasteiger partial charge in [0.05, 0.1) is 10.5 Å². The van der Waals surface area contributed by atoms with Crippen LogP contribution in [0.5, 0.6) is 0 Å². The van der Waals surface area contributed by atoms with Crippen molar-refractivity contribution in [3.8, 4) is 0 Å². The van der Waals surface area contributed by atoms with Crippen molar-refractivity contribution >= 4 is 21.6 Å². The molecule has 0 aliphatic carbocycles. The van der Waals surface area contributed by atoms with Crippen LogP contribution in [0.25, 0.3) is 0 Å². The second-order valence-corrected chi connectivity index (χ2v) is 6.65. The van der Waals surface area contributed by atoms with Crippen molar-refractivity contribution < 1.29 is 26.4 Å². The van der Waals surface area contributed by atoms with Crippen molar-refractivity contribution in [1.82, 2.24) is 4.72 Å². The van der Waals surface area contributed by atoms with Gasteiger partial charge in [0.1, 0.15) is 0 Å². The molecule has 0 bridgehead atoms.